The fourth-order valence-electron chi connectivity index (χ4n) is 2.28. The number of carbonyl (C=O) groups excluding carboxylic acids is 1. The molecule has 0 atom stereocenters. The van der Waals surface area contributed by atoms with Crippen LogP contribution in [0.5, 0.6) is 0 Å². The third kappa shape index (κ3) is 4.97. The average Bonchev–Trinajstić information content (AvgIpc) is 3.09. The highest BCUT2D eigenvalue weighted by Crippen LogP contribution is 2.29. The molecular formula is C16H12ClF3N6O3S2. The van der Waals surface area contributed by atoms with Gasteiger partial charge in [0.2, 0.25) is 9.81 Å². The number of rotatable bonds is 4. The Bertz CT molecular complexity index is 1320. The standard InChI is InChI=1S/C16H12ClF3N6O3S2/c1-3-31(28,29)10-4-8(12-22-6-9(17)7-23-12)5-21-11(10)13(27)24-15-26(2)25-14(30-15)16(18,19)20/h4-7H,3H2,1-2H3/b24-15-. The van der Waals surface area contributed by atoms with Gasteiger partial charge in [-0.05, 0) is 6.07 Å². The van der Waals surface area contributed by atoms with Crippen LogP contribution in [-0.4, -0.2) is 44.8 Å². The van der Waals surface area contributed by atoms with Crippen molar-refractivity contribution in [3.05, 3.63) is 45.2 Å². The molecule has 1 amide bonds. The highest BCUT2D eigenvalue weighted by atomic mass is 35.5. The fraction of sp³-hybridized carbons (Fsp3) is 0.250. The first kappa shape index (κ1) is 23.0. The summed E-state index contributed by atoms with van der Waals surface area (Å²) >= 11 is 5.88. The molecule has 9 nitrogen and oxygen atoms in total. The molecule has 0 radical (unpaired) electrons. The average molecular weight is 493 g/mol. The highest BCUT2D eigenvalue weighted by molar-refractivity contribution is 7.91. The molecule has 0 N–H and O–H groups in total. The molecule has 0 aliphatic carbocycles. The minimum absolute atomic E-state index is 0.115. The highest BCUT2D eigenvalue weighted by Gasteiger charge is 2.35. The molecule has 0 aromatic carbocycles. The van der Waals surface area contributed by atoms with Crippen LogP contribution in [0.15, 0.2) is 34.5 Å². The quantitative estimate of drug-likeness (QED) is 0.548. The Morgan fingerprint density at radius 3 is 2.42 bits per heavy atom. The van der Waals surface area contributed by atoms with Gasteiger partial charge in [0.1, 0.15) is 5.69 Å². The maximum Gasteiger partial charge on any atom is 0.445 e. The van der Waals surface area contributed by atoms with Gasteiger partial charge >= 0.3 is 6.18 Å². The monoisotopic (exact) mass is 492 g/mol. The molecule has 3 aromatic rings. The van der Waals surface area contributed by atoms with E-state index in [1.807, 2.05) is 0 Å². The van der Waals surface area contributed by atoms with Crippen LogP contribution < -0.4 is 4.80 Å². The van der Waals surface area contributed by atoms with Crippen LogP contribution in [0.3, 0.4) is 0 Å². The summed E-state index contributed by atoms with van der Waals surface area (Å²) in [6, 6.07) is 1.16. The largest absolute Gasteiger partial charge is 0.445 e. The number of sulfone groups is 1. The molecule has 3 rings (SSSR count). The molecule has 31 heavy (non-hydrogen) atoms. The van der Waals surface area contributed by atoms with Crippen molar-refractivity contribution in [1.29, 1.82) is 0 Å². The molecule has 3 heterocycles. The van der Waals surface area contributed by atoms with Gasteiger partial charge in [0.05, 0.1) is 15.7 Å². The van der Waals surface area contributed by atoms with E-state index >= 15 is 0 Å². The third-order valence-corrected chi connectivity index (χ3v) is 6.78. The number of aryl methyl sites for hydroxylation is 1. The first-order chi connectivity index (χ1) is 14.4. The summed E-state index contributed by atoms with van der Waals surface area (Å²) in [5.74, 6) is -1.38. The summed E-state index contributed by atoms with van der Waals surface area (Å²) in [5, 5.41) is 2.34. The van der Waals surface area contributed by atoms with Gasteiger partial charge in [-0.25, -0.2) is 28.1 Å². The van der Waals surface area contributed by atoms with Gasteiger partial charge in [-0.2, -0.15) is 23.3 Å². The molecular weight excluding hydrogens is 481 g/mol. The van der Waals surface area contributed by atoms with Crippen molar-refractivity contribution in [1.82, 2.24) is 24.7 Å². The van der Waals surface area contributed by atoms with E-state index in [1.54, 1.807) is 0 Å². The first-order valence-electron chi connectivity index (χ1n) is 8.33. The Morgan fingerprint density at radius 1 is 1.23 bits per heavy atom. The van der Waals surface area contributed by atoms with Crippen LogP contribution in [0.1, 0.15) is 22.4 Å². The second-order valence-electron chi connectivity index (χ2n) is 5.93. The molecule has 0 aliphatic heterocycles. The van der Waals surface area contributed by atoms with E-state index in [4.69, 9.17) is 11.6 Å². The summed E-state index contributed by atoms with van der Waals surface area (Å²) in [5.41, 5.74) is -0.343. The van der Waals surface area contributed by atoms with Crippen molar-refractivity contribution in [3.8, 4) is 11.4 Å². The Hall–Kier alpha value is -2.71. The van der Waals surface area contributed by atoms with Crippen molar-refractivity contribution in [2.75, 3.05) is 5.75 Å². The number of nitrogens with zero attached hydrogens (tertiary/aromatic N) is 6. The topological polar surface area (TPSA) is 120 Å². The number of amides is 1. The van der Waals surface area contributed by atoms with Gasteiger partial charge in [-0.1, -0.05) is 29.9 Å². The maximum absolute atomic E-state index is 12.8. The van der Waals surface area contributed by atoms with Crippen molar-refractivity contribution in [3.63, 3.8) is 0 Å². The molecule has 0 spiro atoms. The van der Waals surface area contributed by atoms with E-state index in [0.29, 0.717) is 0 Å². The summed E-state index contributed by atoms with van der Waals surface area (Å²) in [7, 11) is -2.78. The molecule has 0 fully saturated rings. The van der Waals surface area contributed by atoms with E-state index in [2.05, 4.69) is 25.0 Å². The Labute approximate surface area is 182 Å². The summed E-state index contributed by atoms with van der Waals surface area (Å²) < 4.78 is 64.4. The fourth-order valence-corrected chi connectivity index (χ4v) is 4.19. The SMILES string of the molecule is CCS(=O)(=O)c1cc(-c2ncc(Cl)cn2)cnc1C(=O)/N=c1\sc(C(F)(F)F)nn1C. The second kappa shape index (κ2) is 8.43. The van der Waals surface area contributed by atoms with Gasteiger partial charge in [-0.3, -0.25) is 4.79 Å². The lowest BCUT2D eigenvalue weighted by Crippen LogP contribution is -2.18. The molecule has 0 aliphatic rings. The number of carbonyl (C=O) groups is 1. The number of alkyl halides is 3. The normalized spacial score (nSPS) is 12.9. The second-order valence-corrected chi connectivity index (χ2v) is 9.57. The molecule has 0 saturated heterocycles. The number of hydrogen-bond acceptors (Lipinski definition) is 8. The summed E-state index contributed by atoms with van der Waals surface area (Å²) in [6.07, 6.45) is -0.953. The van der Waals surface area contributed by atoms with Crippen LogP contribution >= 0.6 is 22.9 Å². The van der Waals surface area contributed by atoms with E-state index < -0.39 is 37.5 Å². The Kier molecular flexibility index (Phi) is 6.25. The predicted molar refractivity (Wildman–Crippen MR) is 104 cm³/mol. The van der Waals surface area contributed by atoms with Gasteiger partial charge in [0.15, 0.2) is 15.7 Å². The van der Waals surface area contributed by atoms with Crippen LogP contribution in [0.2, 0.25) is 5.02 Å². The first-order valence-corrected chi connectivity index (χ1v) is 11.2. The molecule has 3 aromatic heterocycles. The van der Waals surface area contributed by atoms with Gasteiger partial charge < -0.3 is 0 Å². The van der Waals surface area contributed by atoms with E-state index in [1.165, 1.54) is 26.4 Å². The number of aromatic nitrogens is 5. The van der Waals surface area contributed by atoms with Crippen molar-refractivity contribution < 1.29 is 26.4 Å². The predicted octanol–water partition coefficient (Wildman–Crippen LogP) is 2.54. The van der Waals surface area contributed by atoms with Crippen LogP contribution in [0.4, 0.5) is 13.2 Å². The van der Waals surface area contributed by atoms with E-state index in [-0.39, 0.29) is 38.3 Å². The smallest absolute Gasteiger partial charge is 0.265 e. The van der Waals surface area contributed by atoms with Gasteiger partial charge in [0, 0.05) is 31.2 Å². The van der Waals surface area contributed by atoms with Crippen LogP contribution in [0, 0.1) is 0 Å². The van der Waals surface area contributed by atoms with E-state index in [9.17, 15) is 26.4 Å². The maximum atomic E-state index is 12.8. The summed E-state index contributed by atoms with van der Waals surface area (Å²) in [4.78, 5) is 27.3. The molecule has 15 heteroatoms. The number of pyridine rings is 1. The number of hydrogen-bond donors (Lipinski definition) is 0. The zero-order chi connectivity index (χ0) is 23.0. The molecule has 0 saturated carbocycles. The zero-order valence-corrected chi connectivity index (χ0v) is 18.1. The Morgan fingerprint density at radius 2 is 1.87 bits per heavy atom. The van der Waals surface area contributed by atoms with E-state index in [0.717, 1.165) is 16.9 Å². The van der Waals surface area contributed by atoms with Crippen molar-refractivity contribution >= 4 is 38.7 Å². The van der Waals surface area contributed by atoms with Crippen molar-refractivity contribution in [2.45, 2.75) is 18.0 Å². The van der Waals surface area contributed by atoms with Gasteiger partial charge in [-0.15, -0.1) is 0 Å². The summed E-state index contributed by atoms with van der Waals surface area (Å²) in [6.45, 7) is 1.37. The van der Waals surface area contributed by atoms with Crippen LogP contribution in [0.25, 0.3) is 11.4 Å². The van der Waals surface area contributed by atoms with Crippen LogP contribution in [-0.2, 0) is 23.1 Å². The third-order valence-electron chi connectivity index (χ3n) is 3.79. The lowest BCUT2D eigenvalue weighted by Gasteiger charge is -2.08. The van der Waals surface area contributed by atoms with Gasteiger partial charge in [0.25, 0.3) is 5.91 Å². The minimum Gasteiger partial charge on any atom is -0.265 e. The molecule has 0 bridgehead atoms. The molecule has 0 unspecified atom stereocenters. The molecule has 164 valence electrons. The lowest BCUT2D eigenvalue weighted by atomic mass is 10.2. The zero-order valence-electron chi connectivity index (χ0n) is 15.8. The lowest BCUT2D eigenvalue weighted by molar-refractivity contribution is -0.138. The number of halogens is 4. The Balaban J connectivity index is 2.13. The van der Waals surface area contributed by atoms with Crippen molar-refractivity contribution in [2.24, 2.45) is 12.0 Å². The minimum atomic E-state index is -4.71.